The van der Waals surface area contributed by atoms with Crippen molar-refractivity contribution in [3.05, 3.63) is 61.5 Å². The summed E-state index contributed by atoms with van der Waals surface area (Å²) in [6, 6.07) is 7.62. The van der Waals surface area contributed by atoms with Crippen molar-refractivity contribution < 1.29 is 0 Å². The molecule has 0 aliphatic rings. The fraction of sp³-hybridized carbons (Fsp3) is 0.333. The van der Waals surface area contributed by atoms with Gasteiger partial charge in [-0.2, -0.15) is 0 Å². The van der Waals surface area contributed by atoms with E-state index in [1.807, 2.05) is 57.1 Å². The highest BCUT2D eigenvalue weighted by Crippen LogP contribution is 2.27. The molecule has 126 valence electrons. The molecule has 0 aliphatic carbocycles. The minimum Gasteiger partial charge on any atom is -0.302 e. The quantitative estimate of drug-likeness (QED) is 0.708. The Bertz CT molecular complexity index is 959. The summed E-state index contributed by atoms with van der Waals surface area (Å²) in [7, 11) is 3.95. The molecule has 0 saturated heterocycles. The van der Waals surface area contributed by atoms with E-state index in [1.165, 1.54) is 0 Å². The van der Waals surface area contributed by atoms with Gasteiger partial charge in [0.2, 0.25) is 0 Å². The summed E-state index contributed by atoms with van der Waals surface area (Å²) in [6.07, 6.45) is 0. The molecule has 0 fully saturated rings. The van der Waals surface area contributed by atoms with Crippen LogP contribution in [-0.2, 0) is 13.1 Å². The van der Waals surface area contributed by atoms with E-state index in [2.05, 4.69) is 0 Å². The Morgan fingerprint density at radius 2 is 1.96 bits per heavy atom. The number of halogens is 1. The largest absolute Gasteiger partial charge is 0.302 e. The van der Waals surface area contributed by atoms with Crippen LogP contribution in [0.2, 0.25) is 5.02 Å². The van der Waals surface area contributed by atoms with Crippen LogP contribution >= 0.6 is 22.9 Å². The van der Waals surface area contributed by atoms with Crippen LogP contribution in [0.1, 0.15) is 21.8 Å². The molecular weight excluding hydrogens is 342 g/mol. The van der Waals surface area contributed by atoms with Crippen molar-refractivity contribution in [3.63, 3.8) is 0 Å². The highest BCUT2D eigenvalue weighted by molar-refractivity contribution is 7.18. The minimum atomic E-state index is 0.0126. The zero-order valence-electron chi connectivity index (χ0n) is 14.3. The first-order valence-corrected chi connectivity index (χ1v) is 8.95. The number of hydrogen-bond donors (Lipinski definition) is 0. The Kier molecular flexibility index (Phi) is 4.76. The van der Waals surface area contributed by atoms with E-state index in [9.17, 15) is 4.79 Å². The lowest BCUT2D eigenvalue weighted by molar-refractivity contribution is 0.379. The minimum absolute atomic E-state index is 0.0126. The average molecular weight is 362 g/mol. The summed E-state index contributed by atoms with van der Waals surface area (Å²) >= 11 is 7.88. The standard InChI is InChI=1S/C18H20ClN3OS/c1-11-12(2)24-17-16(11)18(23)22(15(20-17)10-21(3)4)9-13-7-5-6-8-14(13)19/h5-8H,9-10H2,1-4H3. The monoisotopic (exact) mass is 361 g/mol. The van der Waals surface area contributed by atoms with E-state index in [-0.39, 0.29) is 5.56 Å². The van der Waals surface area contributed by atoms with Crippen molar-refractivity contribution in [1.82, 2.24) is 14.5 Å². The van der Waals surface area contributed by atoms with Gasteiger partial charge < -0.3 is 4.90 Å². The first-order chi connectivity index (χ1) is 11.4. The molecule has 1 aromatic carbocycles. The maximum Gasteiger partial charge on any atom is 0.262 e. The third-order valence-corrected chi connectivity index (χ3v) is 5.58. The Balaban J connectivity index is 2.23. The van der Waals surface area contributed by atoms with Gasteiger partial charge >= 0.3 is 0 Å². The summed E-state index contributed by atoms with van der Waals surface area (Å²) in [5.74, 6) is 0.763. The van der Waals surface area contributed by atoms with E-state index < -0.39 is 0 Å². The van der Waals surface area contributed by atoms with Crippen LogP contribution in [0.25, 0.3) is 10.2 Å². The molecule has 0 aliphatic heterocycles. The van der Waals surface area contributed by atoms with Crippen LogP contribution in [0.3, 0.4) is 0 Å². The second-order valence-corrected chi connectivity index (χ2v) is 7.82. The van der Waals surface area contributed by atoms with Crippen LogP contribution in [0.5, 0.6) is 0 Å². The molecule has 0 amide bonds. The van der Waals surface area contributed by atoms with Crippen LogP contribution in [0.15, 0.2) is 29.1 Å². The van der Waals surface area contributed by atoms with Crippen LogP contribution in [-0.4, -0.2) is 28.5 Å². The zero-order chi connectivity index (χ0) is 17.4. The molecule has 2 heterocycles. The molecule has 0 N–H and O–H groups in total. The third-order valence-electron chi connectivity index (χ3n) is 4.11. The topological polar surface area (TPSA) is 38.1 Å². The summed E-state index contributed by atoms with van der Waals surface area (Å²) in [4.78, 5) is 21.9. The molecule has 3 aromatic rings. The van der Waals surface area contributed by atoms with E-state index >= 15 is 0 Å². The van der Waals surface area contributed by atoms with Gasteiger partial charge in [0.15, 0.2) is 0 Å². The van der Waals surface area contributed by atoms with Gasteiger partial charge in [0.1, 0.15) is 10.7 Å². The lowest BCUT2D eigenvalue weighted by Gasteiger charge is -2.16. The highest BCUT2D eigenvalue weighted by atomic mass is 35.5. The Morgan fingerprint density at radius 1 is 1.25 bits per heavy atom. The summed E-state index contributed by atoms with van der Waals surface area (Å²) in [6.45, 7) is 5.05. The Morgan fingerprint density at radius 3 is 2.62 bits per heavy atom. The number of aromatic nitrogens is 2. The van der Waals surface area contributed by atoms with E-state index in [1.54, 1.807) is 15.9 Å². The molecule has 0 unspecified atom stereocenters. The van der Waals surface area contributed by atoms with Gasteiger partial charge in [0.25, 0.3) is 5.56 Å². The predicted octanol–water partition coefficient (Wildman–Crippen LogP) is 3.84. The molecule has 0 bridgehead atoms. The SMILES string of the molecule is Cc1sc2nc(CN(C)C)n(Cc3ccccc3Cl)c(=O)c2c1C. The van der Waals surface area contributed by atoms with Crippen molar-refractivity contribution in [1.29, 1.82) is 0 Å². The van der Waals surface area contributed by atoms with E-state index in [0.29, 0.717) is 18.1 Å². The van der Waals surface area contributed by atoms with Crippen LogP contribution < -0.4 is 5.56 Å². The highest BCUT2D eigenvalue weighted by Gasteiger charge is 2.17. The van der Waals surface area contributed by atoms with E-state index in [4.69, 9.17) is 16.6 Å². The maximum absolute atomic E-state index is 13.1. The van der Waals surface area contributed by atoms with Crippen molar-refractivity contribution >= 4 is 33.2 Å². The smallest absolute Gasteiger partial charge is 0.262 e. The second-order valence-electron chi connectivity index (χ2n) is 6.21. The summed E-state index contributed by atoms with van der Waals surface area (Å²) in [5, 5.41) is 1.39. The molecule has 4 nitrogen and oxygen atoms in total. The average Bonchev–Trinajstić information content (AvgIpc) is 2.79. The normalized spacial score (nSPS) is 11.6. The number of aryl methyl sites for hydroxylation is 2. The number of fused-ring (bicyclic) bond motifs is 1. The maximum atomic E-state index is 13.1. The first-order valence-electron chi connectivity index (χ1n) is 7.76. The molecule has 0 spiro atoms. The zero-order valence-corrected chi connectivity index (χ0v) is 15.8. The molecule has 0 saturated carbocycles. The molecule has 0 radical (unpaired) electrons. The van der Waals surface area contributed by atoms with Crippen molar-refractivity contribution in [2.75, 3.05) is 14.1 Å². The Labute approximate surface area is 150 Å². The Hall–Kier alpha value is -1.69. The number of thiophene rings is 1. The number of benzene rings is 1. The van der Waals surface area contributed by atoms with Gasteiger partial charge in [-0.1, -0.05) is 29.8 Å². The fourth-order valence-corrected chi connectivity index (χ4v) is 3.97. The second kappa shape index (κ2) is 6.67. The number of rotatable bonds is 4. The molecular formula is C18H20ClN3OS. The van der Waals surface area contributed by atoms with Gasteiger partial charge in [-0.05, 0) is 45.1 Å². The molecule has 3 rings (SSSR count). The number of nitrogens with zero attached hydrogens (tertiary/aromatic N) is 3. The fourth-order valence-electron chi connectivity index (χ4n) is 2.73. The molecule has 0 atom stereocenters. The number of hydrogen-bond acceptors (Lipinski definition) is 4. The van der Waals surface area contributed by atoms with Crippen molar-refractivity contribution in [3.8, 4) is 0 Å². The molecule has 2 aromatic heterocycles. The van der Waals surface area contributed by atoms with Crippen LogP contribution in [0, 0.1) is 13.8 Å². The van der Waals surface area contributed by atoms with Gasteiger partial charge in [-0.3, -0.25) is 9.36 Å². The summed E-state index contributed by atoms with van der Waals surface area (Å²) < 4.78 is 1.75. The van der Waals surface area contributed by atoms with Gasteiger partial charge in [-0.25, -0.2) is 4.98 Å². The third kappa shape index (κ3) is 3.11. The van der Waals surface area contributed by atoms with Crippen molar-refractivity contribution in [2.45, 2.75) is 26.9 Å². The molecule has 24 heavy (non-hydrogen) atoms. The predicted molar refractivity (Wildman–Crippen MR) is 101 cm³/mol. The summed E-state index contributed by atoms with van der Waals surface area (Å²) in [5.41, 5.74) is 1.96. The van der Waals surface area contributed by atoms with Gasteiger partial charge in [0.05, 0.1) is 18.5 Å². The van der Waals surface area contributed by atoms with Gasteiger partial charge in [-0.15, -0.1) is 11.3 Å². The van der Waals surface area contributed by atoms with Crippen molar-refractivity contribution in [2.24, 2.45) is 0 Å². The lowest BCUT2D eigenvalue weighted by Crippen LogP contribution is -2.28. The van der Waals surface area contributed by atoms with E-state index in [0.717, 1.165) is 32.0 Å². The first kappa shape index (κ1) is 17.1. The van der Waals surface area contributed by atoms with Gasteiger partial charge in [0, 0.05) is 9.90 Å². The van der Waals surface area contributed by atoms with Crippen LogP contribution in [0.4, 0.5) is 0 Å². The lowest BCUT2D eigenvalue weighted by atomic mass is 10.2. The molecule has 6 heteroatoms.